The summed E-state index contributed by atoms with van der Waals surface area (Å²) in [6.07, 6.45) is 2.93. The summed E-state index contributed by atoms with van der Waals surface area (Å²) in [6, 6.07) is 5.02. The zero-order valence-corrected chi connectivity index (χ0v) is 17.1. The van der Waals surface area contributed by atoms with Crippen LogP contribution in [0.4, 0.5) is 5.69 Å². The fraction of sp³-hybridized carbons (Fsp3) is 0.421. The van der Waals surface area contributed by atoms with Gasteiger partial charge in [-0.05, 0) is 31.0 Å². The number of carbonyl (C=O) groups excluding carboxylic acids is 2. The Bertz CT molecular complexity index is 1110. The smallest absolute Gasteiger partial charge is 0.243 e. The van der Waals surface area contributed by atoms with Crippen LogP contribution in [0, 0.1) is 6.92 Å². The van der Waals surface area contributed by atoms with Crippen molar-refractivity contribution in [2.24, 2.45) is 12.8 Å². The number of carbonyl (C=O) groups is 2. The van der Waals surface area contributed by atoms with Crippen molar-refractivity contribution in [3.63, 3.8) is 0 Å². The van der Waals surface area contributed by atoms with Crippen LogP contribution in [0.15, 0.2) is 29.3 Å². The Morgan fingerprint density at radius 3 is 2.72 bits per heavy atom. The van der Waals surface area contributed by atoms with E-state index in [1.807, 2.05) is 0 Å². The third-order valence-electron chi connectivity index (χ3n) is 5.52. The molecule has 9 nitrogen and oxygen atoms in total. The molecule has 1 fully saturated rings. The van der Waals surface area contributed by atoms with Crippen LogP contribution in [-0.4, -0.2) is 47.4 Å². The van der Waals surface area contributed by atoms with E-state index in [9.17, 15) is 18.0 Å². The molecule has 2 N–H and O–H groups in total. The maximum Gasteiger partial charge on any atom is 0.243 e. The van der Waals surface area contributed by atoms with Gasteiger partial charge < -0.3 is 10.6 Å². The van der Waals surface area contributed by atoms with Crippen LogP contribution in [0.2, 0.25) is 0 Å². The molecule has 1 saturated heterocycles. The van der Waals surface area contributed by atoms with E-state index in [2.05, 4.69) is 5.10 Å². The second-order valence-corrected chi connectivity index (χ2v) is 9.47. The lowest BCUT2D eigenvalue weighted by Gasteiger charge is -2.30. The monoisotopic (exact) mass is 417 g/mol. The number of aromatic nitrogens is 2. The van der Waals surface area contributed by atoms with Crippen molar-refractivity contribution in [1.82, 2.24) is 14.1 Å². The first-order valence-electron chi connectivity index (χ1n) is 9.41. The molecule has 0 spiro atoms. The molecule has 0 radical (unpaired) electrons. The minimum absolute atomic E-state index is 0.0102. The highest BCUT2D eigenvalue weighted by Crippen LogP contribution is 2.33. The predicted molar refractivity (Wildman–Crippen MR) is 106 cm³/mol. The quantitative estimate of drug-likeness (QED) is 0.783. The lowest BCUT2D eigenvalue weighted by Crippen LogP contribution is -2.42. The van der Waals surface area contributed by atoms with Crippen LogP contribution in [0.5, 0.6) is 0 Å². The molecule has 2 aliphatic heterocycles. The summed E-state index contributed by atoms with van der Waals surface area (Å²) in [5, 5.41) is 4.29. The van der Waals surface area contributed by atoms with Gasteiger partial charge in [0.2, 0.25) is 21.8 Å². The Morgan fingerprint density at radius 1 is 1.31 bits per heavy atom. The highest BCUT2D eigenvalue weighted by atomic mass is 32.2. The number of fused-ring (bicyclic) bond motifs is 1. The zero-order chi connectivity index (χ0) is 20.9. The lowest BCUT2D eigenvalue weighted by molar-refractivity contribution is -0.120. The number of hydrogen-bond donors (Lipinski definition) is 1. The number of amides is 2. The van der Waals surface area contributed by atoms with Gasteiger partial charge in [0.25, 0.3) is 0 Å². The summed E-state index contributed by atoms with van der Waals surface area (Å²) in [6.45, 7) is 2.34. The Kier molecular flexibility index (Phi) is 4.70. The van der Waals surface area contributed by atoms with Crippen molar-refractivity contribution in [1.29, 1.82) is 0 Å². The van der Waals surface area contributed by atoms with Crippen LogP contribution in [0.25, 0.3) is 0 Å². The van der Waals surface area contributed by atoms with Gasteiger partial charge in [0.15, 0.2) is 0 Å². The van der Waals surface area contributed by atoms with Crippen LogP contribution >= 0.6 is 0 Å². The second-order valence-electron chi connectivity index (χ2n) is 7.56. The first-order chi connectivity index (χ1) is 13.7. The Balaban J connectivity index is 1.74. The van der Waals surface area contributed by atoms with Gasteiger partial charge >= 0.3 is 0 Å². The standard InChI is InChI=1S/C19H23N5O4S/c1-12-5-6-14(24-7-3-4-17(24)25)8-16(12)29(27,28)23-10-13-9-22(2)21-18(13)15(11-23)19(20)26/h5-6,8-9,15H,3-4,7,10-11H2,1-2H3,(H2,20,26)/t15-/m0/s1. The molecule has 2 aliphatic rings. The zero-order valence-electron chi connectivity index (χ0n) is 16.3. The number of nitrogens with two attached hydrogens (primary N) is 1. The number of hydrogen-bond acceptors (Lipinski definition) is 5. The normalized spacial score (nSPS) is 20.1. The van der Waals surface area contributed by atoms with E-state index in [1.165, 1.54) is 4.31 Å². The van der Waals surface area contributed by atoms with Gasteiger partial charge in [-0.15, -0.1) is 0 Å². The minimum Gasteiger partial charge on any atom is -0.369 e. The average molecular weight is 417 g/mol. The van der Waals surface area contributed by atoms with E-state index in [0.717, 1.165) is 6.42 Å². The summed E-state index contributed by atoms with van der Waals surface area (Å²) in [5.41, 5.74) is 7.87. The molecular formula is C19H23N5O4S. The highest BCUT2D eigenvalue weighted by molar-refractivity contribution is 7.89. The number of anilines is 1. The summed E-state index contributed by atoms with van der Waals surface area (Å²) in [4.78, 5) is 25.8. The van der Waals surface area contributed by atoms with Crippen molar-refractivity contribution in [2.75, 3.05) is 18.0 Å². The van der Waals surface area contributed by atoms with Crippen LogP contribution < -0.4 is 10.6 Å². The molecular weight excluding hydrogens is 394 g/mol. The van der Waals surface area contributed by atoms with Crippen molar-refractivity contribution >= 4 is 27.5 Å². The Labute approximate surface area is 169 Å². The third kappa shape index (κ3) is 3.32. The van der Waals surface area contributed by atoms with E-state index < -0.39 is 21.8 Å². The molecule has 1 aromatic heterocycles. The van der Waals surface area contributed by atoms with E-state index in [-0.39, 0.29) is 23.9 Å². The number of rotatable bonds is 4. The number of aryl methyl sites for hydroxylation is 2. The summed E-state index contributed by atoms with van der Waals surface area (Å²) in [5.74, 6) is -1.43. The second kappa shape index (κ2) is 6.96. The Morgan fingerprint density at radius 2 is 2.07 bits per heavy atom. The first-order valence-corrected chi connectivity index (χ1v) is 10.9. The van der Waals surface area contributed by atoms with Crippen LogP contribution in [-0.2, 0) is 33.2 Å². The molecule has 154 valence electrons. The molecule has 0 aliphatic carbocycles. The maximum absolute atomic E-state index is 13.5. The topological polar surface area (TPSA) is 119 Å². The summed E-state index contributed by atoms with van der Waals surface area (Å²) < 4.78 is 29.8. The molecule has 10 heteroatoms. The summed E-state index contributed by atoms with van der Waals surface area (Å²) >= 11 is 0. The van der Waals surface area contributed by atoms with Gasteiger partial charge in [-0.3, -0.25) is 14.3 Å². The molecule has 29 heavy (non-hydrogen) atoms. The molecule has 2 aromatic rings. The minimum atomic E-state index is -3.91. The van der Waals surface area contributed by atoms with Crippen molar-refractivity contribution in [3.05, 3.63) is 41.2 Å². The van der Waals surface area contributed by atoms with Crippen molar-refractivity contribution in [2.45, 2.75) is 37.1 Å². The van der Waals surface area contributed by atoms with Gasteiger partial charge in [0.05, 0.1) is 16.5 Å². The number of sulfonamides is 1. The molecule has 1 aromatic carbocycles. The molecule has 2 amide bonds. The fourth-order valence-corrected chi connectivity index (χ4v) is 5.69. The molecule has 0 unspecified atom stereocenters. The van der Waals surface area contributed by atoms with Gasteiger partial charge in [-0.1, -0.05) is 6.07 Å². The average Bonchev–Trinajstić information content (AvgIpc) is 3.25. The number of nitrogens with zero attached hydrogens (tertiary/aromatic N) is 4. The Hall–Kier alpha value is -2.72. The first kappa shape index (κ1) is 19.6. The van der Waals surface area contributed by atoms with Crippen LogP contribution in [0.1, 0.15) is 35.6 Å². The van der Waals surface area contributed by atoms with Crippen molar-refractivity contribution in [3.8, 4) is 0 Å². The number of primary amides is 1. The van der Waals surface area contributed by atoms with Gasteiger partial charge in [-0.2, -0.15) is 9.40 Å². The molecule has 0 bridgehead atoms. The largest absolute Gasteiger partial charge is 0.369 e. The van der Waals surface area contributed by atoms with E-state index >= 15 is 0 Å². The van der Waals surface area contributed by atoms with E-state index in [1.54, 1.807) is 47.9 Å². The van der Waals surface area contributed by atoms with E-state index in [0.29, 0.717) is 35.5 Å². The molecule has 1 atom stereocenters. The summed E-state index contributed by atoms with van der Waals surface area (Å²) in [7, 11) is -2.19. The highest BCUT2D eigenvalue weighted by Gasteiger charge is 2.38. The number of benzene rings is 1. The van der Waals surface area contributed by atoms with E-state index in [4.69, 9.17) is 5.73 Å². The fourth-order valence-electron chi connectivity index (χ4n) is 4.02. The SMILES string of the molecule is Cc1ccc(N2CCCC2=O)cc1S(=O)(=O)N1Cc2cn(C)nc2[C@@H](C(N)=O)C1. The van der Waals surface area contributed by atoms with Gasteiger partial charge in [0, 0.05) is 50.6 Å². The predicted octanol–water partition coefficient (Wildman–Crippen LogP) is 0.629. The van der Waals surface area contributed by atoms with Gasteiger partial charge in [-0.25, -0.2) is 8.42 Å². The maximum atomic E-state index is 13.5. The molecule has 0 saturated carbocycles. The molecule has 4 rings (SSSR count). The van der Waals surface area contributed by atoms with Gasteiger partial charge in [0.1, 0.15) is 0 Å². The lowest BCUT2D eigenvalue weighted by atomic mass is 9.98. The van der Waals surface area contributed by atoms with Crippen molar-refractivity contribution < 1.29 is 18.0 Å². The molecule has 3 heterocycles. The van der Waals surface area contributed by atoms with Crippen LogP contribution in [0.3, 0.4) is 0 Å². The third-order valence-corrected chi connectivity index (χ3v) is 7.47.